The molecule has 2 aliphatic rings. The maximum Gasteiger partial charge on any atom is 0.166 e. The molecule has 1 saturated heterocycles. The highest BCUT2D eigenvalue weighted by Crippen LogP contribution is 2.44. The molecule has 1 heterocycles. The summed E-state index contributed by atoms with van der Waals surface area (Å²) in [7, 11) is 0. The Morgan fingerprint density at radius 3 is 2.84 bits per heavy atom. The average Bonchev–Trinajstić information content (AvgIpc) is 2.39. The Kier molecular flexibility index (Phi) is 3.40. The van der Waals surface area contributed by atoms with E-state index in [4.69, 9.17) is 16.3 Å². The fourth-order valence-electron chi connectivity index (χ4n) is 3.15. The summed E-state index contributed by atoms with van der Waals surface area (Å²) >= 11 is 6.11. The van der Waals surface area contributed by atoms with Crippen molar-refractivity contribution in [2.75, 3.05) is 6.61 Å². The van der Waals surface area contributed by atoms with Crippen LogP contribution in [-0.4, -0.2) is 18.0 Å². The van der Waals surface area contributed by atoms with Crippen LogP contribution < -0.4 is 0 Å². The summed E-state index contributed by atoms with van der Waals surface area (Å²) < 4.78 is 5.88. The standard InChI is InChI=1S/C16H19ClO2/c1-11-3-4-12(9-14(11)17)15(18)13-5-8-19-16(10-13)6-2-7-16/h3-4,9,13H,2,5-8,10H2,1H3. The second-order valence-electron chi connectivity index (χ2n) is 5.90. The largest absolute Gasteiger partial charge is 0.375 e. The van der Waals surface area contributed by atoms with Crippen LogP contribution in [0.25, 0.3) is 0 Å². The molecule has 1 aromatic carbocycles. The molecule has 3 rings (SSSR count). The van der Waals surface area contributed by atoms with Gasteiger partial charge in [-0.2, -0.15) is 0 Å². The fraction of sp³-hybridized carbons (Fsp3) is 0.562. The highest BCUT2D eigenvalue weighted by Gasteiger charge is 2.44. The van der Waals surface area contributed by atoms with Gasteiger partial charge in [0.05, 0.1) is 5.60 Å². The monoisotopic (exact) mass is 278 g/mol. The number of ketones is 1. The SMILES string of the molecule is Cc1ccc(C(=O)C2CCOC3(CCC3)C2)cc1Cl. The number of halogens is 1. The van der Waals surface area contributed by atoms with E-state index in [1.165, 1.54) is 6.42 Å². The minimum Gasteiger partial charge on any atom is -0.375 e. The van der Waals surface area contributed by atoms with Gasteiger partial charge in [0.25, 0.3) is 0 Å². The van der Waals surface area contributed by atoms with Crippen molar-refractivity contribution in [1.82, 2.24) is 0 Å². The van der Waals surface area contributed by atoms with Gasteiger partial charge in [0.15, 0.2) is 5.78 Å². The Labute approximate surface area is 119 Å². The van der Waals surface area contributed by atoms with Gasteiger partial charge in [-0.25, -0.2) is 0 Å². The van der Waals surface area contributed by atoms with E-state index in [9.17, 15) is 4.79 Å². The van der Waals surface area contributed by atoms with Crippen molar-refractivity contribution in [3.63, 3.8) is 0 Å². The van der Waals surface area contributed by atoms with Crippen LogP contribution in [0, 0.1) is 12.8 Å². The third-order valence-electron chi connectivity index (χ3n) is 4.58. The molecule has 1 atom stereocenters. The predicted molar refractivity (Wildman–Crippen MR) is 75.8 cm³/mol. The summed E-state index contributed by atoms with van der Waals surface area (Å²) in [5.41, 5.74) is 1.78. The Hall–Kier alpha value is -0.860. The lowest BCUT2D eigenvalue weighted by Crippen LogP contribution is -2.47. The first-order chi connectivity index (χ1) is 9.10. The molecule has 1 aliphatic carbocycles. The van der Waals surface area contributed by atoms with Crippen molar-refractivity contribution in [2.45, 2.75) is 44.6 Å². The number of hydrogen-bond donors (Lipinski definition) is 0. The zero-order valence-corrected chi connectivity index (χ0v) is 12.0. The number of carbonyl (C=O) groups excluding carboxylic acids is 1. The molecule has 2 fully saturated rings. The van der Waals surface area contributed by atoms with Crippen molar-refractivity contribution in [1.29, 1.82) is 0 Å². The first kappa shape index (κ1) is 13.1. The van der Waals surface area contributed by atoms with Crippen molar-refractivity contribution in [3.8, 4) is 0 Å². The third-order valence-corrected chi connectivity index (χ3v) is 4.99. The van der Waals surface area contributed by atoms with Crippen molar-refractivity contribution in [2.24, 2.45) is 5.92 Å². The minimum atomic E-state index is 0.0209. The van der Waals surface area contributed by atoms with Crippen LogP contribution in [0.5, 0.6) is 0 Å². The molecule has 1 aromatic rings. The zero-order valence-electron chi connectivity index (χ0n) is 11.2. The van der Waals surface area contributed by atoms with Gasteiger partial charge in [-0.15, -0.1) is 0 Å². The van der Waals surface area contributed by atoms with E-state index < -0.39 is 0 Å². The topological polar surface area (TPSA) is 26.3 Å². The second-order valence-corrected chi connectivity index (χ2v) is 6.31. The molecule has 3 heteroatoms. The van der Waals surface area contributed by atoms with Crippen LogP contribution >= 0.6 is 11.6 Å². The normalized spacial score (nSPS) is 25.1. The second kappa shape index (κ2) is 4.92. The number of Topliss-reactive ketones (excluding diaryl/α,β-unsaturated/α-hetero) is 1. The van der Waals surface area contributed by atoms with E-state index in [0.717, 1.165) is 43.4 Å². The van der Waals surface area contributed by atoms with Crippen LogP contribution in [-0.2, 0) is 4.74 Å². The Bertz CT molecular complexity index is 505. The van der Waals surface area contributed by atoms with Gasteiger partial charge in [0.1, 0.15) is 0 Å². The number of aryl methyl sites for hydroxylation is 1. The highest BCUT2D eigenvalue weighted by molar-refractivity contribution is 6.31. The first-order valence-electron chi connectivity index (χ1n) is 7.04. The summed E-state index contributed by atoms with van der Waals surface area (Å²) in [5.74, 6) is 0.337. The number of ether oxygens (including phenoxy) is 1. The molecule has 1 spiro atoms. The fourth-order valence-corrected chi connectivity index (χ4v) is 3.33. The zero-order chi connectivity index (χ0) is 13.5. The molecule has 2 nitrogen and oxygen atoms in total. The highest BCUT2D eigenvalue weighted by atomic mass is 35.5. The maximum absolute atomic E-state index is 12.6. The maximum atomic E-state index is 12.6. The van der Waals surface area contributed by atoms with Crippen molar-refractivity contribution >= 4 is 17.4 Å². The molecule has 1 unspecified atom stereocenters. The van der Waals surface area contributed by atoms with Crippen molar-refractivity contribution < 1.29 is 9.53 Å². The van der Waals surface area contributed by atoms with Crippen molar-refractivity contribution in [3.05, 3.63) is 34.3 Å². The van der Waals surface area contributed by atoms with Gasteiger partial charge in [-0.3, -0.25) is 4.79 Å². The van der Waals surface area contributed by atoms with E-state index in [0.29, 0.717) is 5.02 Å². The lowest BCUT2D eigenvalue weighted by molar-refractivity contribution is -0.137. The van der Waals surface area contributed by atoms with E-state index in [-0.39, 0.29) is 17.3 Å². The predicted octanol–water partition coefficient (Wildman–Crippen LogP) is 4.18. The van der Waals surface area contributed by atoms with E-state index >= 15 is 0 Å². The minimum absolute atomic E-state index is 0.0209. The number of benzene rings is 1. The molecule has 1 aliphatic heterocycles. The van der Waals surface area contributed by atoms with Gasteiger partial charge < -0.3 is 4.74 Å². The lowest BCUT2D eigenvalue weighted by atomic mass is 9.70. The van der Waals surface area contributed by atoms with Crippen LogP contribution in [0.4, 0.5) is 0 Å². The molecule has 0 bridgehead atoms. The summed E-state index contributed by atoms with van der Waals surface area (Å²) in [4.78, 5) is 12.6. The number of hydrogen-bond acceptors (Lipinski definition) is 2. The quantitative estimate of drug-likeness (QED) is 0.759. The molecule has 19 heavy (non-hydrogen) atoms. The van der Waals surface area contributed by atoms with Crippen LogP contribution in [0.15, 0.2) is 18.2 Å². The number of carbonyl (C=O) groups is 1. The molecule has 102 valence electrons. The third kappa shape index (κ3) is 2.44. The van der Waals surface area contributed by atoms with Gasteiger partial charge in [-0.1, -0.05) is 23.7 Å². The van der Waals surface area contributed by atoms with E-state index in [1.807, 2.05) is 25.1 Å². The Morgan fingerprint density at radius 2 is 2.21 bits per heavy atom. The average molecular weight is 279 g/mol. The number of rotatable bonds is 2. The first-order valence-corrected chi connectivity index (χ1v) is 7.42. The molecule has 0 aromatic heterocycles. The summed E-state index contributed by atoms with van der Waals surface area (Å²) in [5, 5.41) is 0.677. The summed E-state index contributed by atoms with van der Waals surface area (Å²) in [6.07, 6.45) is 5.19. The molecule has 0 amide bonds. The van der Waals surface area contributed by atoms with Gasteiger partial charge in [0, 0.05) is 23.1 Å². The molecule has 1 saturated carbocycles. The van der Waals surface area contributed by atoms with E-state index in [1.54, 1.807) is 0 Å². The van der Waals surface area contributed by atoms with E-state index in [2.05, 4.69) is 0 Å². The molecular formula is C16H19ClO2. The van der Waals surface area contributed by atoms with Crippen LogP contribution in [0.3, 0.4) is 0 Å². The summed E-state index contributed by atoms with van der Waals surface area (Å²) in [6.45, 7) is 2.67. The lowest BCUT2D eigenvalue weighted by Gasteiger charge is -2.46. The Morgan fingerprint density at radius 1 is 1.42 bits per heavy atom. The molecular weight excluding hydrogens is 260 g/mol. The molecule has 0 N–H and O–H groups in total. The molecule has 0 radical (unpaired) electrons. The van der Waals surface area contributed by atoms with Crippen LogP contribution in [0.2, 0.25) is 5.02 Å². The van der Waals surface area contributed by atoms with Gasteiger partial charge in [0.2, 0.25) is 0 Å². The Balaban J connectivity index is 1.77. The smallest absolute Gasteiger partial charge is 0.166 e. The van der Waals surface area contributed by atoms with Gasteiger partial charge >= 0.3 is 0 Å². The van der Waals surface area contributed by atoms with Crippen LogP contribution in [0.1, 0.15) is 48.0 Å². The van der Waals surface area contributed by atoms with Gasteiger partial charge in [-0.05, 0) is 50.7 Å². The summed E-state index contributed by atoms with van der Waals surface area (Å²) in [6, 6.07) is 5.63.